The third-order valence-corrected chi connectivity index (χ3v) is 15.7. The summed E-state index contributed by atoms with van der Waals surface area (Å²) < 4.78 is 161. The number of rotatable bonds is 21. The van der Waals surface area contributed by atoms with E-state index in [2.05, 4.69) is 90.7 Å². The Morgan fingerprint density at radius 2 is 0.802 bits per heavy atom. The van der Waals surface area contributed by atoms with Crippen molar-refractivity contribution in [3.05, 3.63) is 144 Å². The van der Waals surface area contributed by atoms with Gasteiger partial charge in [0.2, 0.25) is 30.1 Å². The maximum atomic E-state index is 14.9. The van der Waals surface area contributed by atoms with Crippen molar-refractivity contribution in [2.24, 2.45) is 0 Å². The number of nitrogens with one attached hydrogen (secondary N) is 6. The van der Waals surface area contributed by atoms with Gasteiger partial charge in [0, 0.05) is 61.2 Å². The van der Waals surface area contributed by atoms with E-state index in [0.29, 0.717) is 83.8 Å². The van der Waals surface area contributed by atoms with E-state index >= 15 is 0 Å². The maximum Gasteiger partial charge on any atom is 0.233 e. The quantitative estimate of drug-likeness (QED) is 0.0329. The predicted molar refractivity (Wildman–Crippen MR) is 331 cm³/mol. The van der Waals surface area contributed by atoms with Crippen LogP contribution in [0.1, 0.15) is 65.8 Å². The highest BCUT2D eigenvalue weighted by Crippen LogP contribution is 2.33. The summed E-state index contributed by atoms with van der Waals surface area (Å²) in [5.41, 5.74) is 7.06. The van der Waals surface area contributed by atoms with Crippen LogP contribution >= 0.6 is 11.6 Å². The zero-order valence-corrected chi connectivity index (χ0v) is 51.4. The third kappa shape index (κ3) is 20.7. The van der Waals surface area contributed by atoms with E-state index in [1.165, 1.54) is 43.8 Å². The molecule has 0 amide bonds. The normalized spacial score (nSPS) is 11.0. The first-order chi connectivity index (χ1) is 42.8. The fraction of sp³-hybridized carbons (Fsp3) is 0.264. The molecule has 9 rings (SSSR count). The lowest BCUT2D eigenvalue weighted by molar-refractivity contribution is 0.580. The molecule has 9 aromatic heterocycles. The van der Waals surface area contributed by atoms with Gasteiger partial charge in [-0.15, -0.1) is 0 Å². The van der Waals surface area contributed by atoms with Crippen molar-refractivity contribution in [1.29, 1.82) is 0 Å². The summed E-state index contributed by atoms with van der Waals surface area (Å²) in [5, 5.41) is 8.45. The summed E-state index contributed by atoms with van der Waals surface area (Å²) >= 11 is 5.88. The van der Waals surface area contributed by atoms with Crippen molar-refractivity contribution < 1.29 is 51.6 Å². The molecular weight excluding hydrogens is 1290 g/mol. The molecule has 9 aromatic rings. The molecule has 91 heavy (non-hydrogen) atoms. The molecule has 0 spiro atoms. The zero-order valence-electron chi connectivity index (χ0n) is 48.2. The Morgan fingerprint density at radius 1 is 0.440 bits per heavy atom. The summed E-state index contributed by atoms with van der Waals surface area (Å²) in [6, 6.07) is 5.07. The third-order valence-electron chi connectivity index (χ3n) is 11.0. The van der Waals surface area contributed by atoms with Crippen LogP contribution in [0.4, 0.5) is 78.3 Å². The predicted octanol–water partition coefficient (Wildman–Crippen LogP) is 9.37. The molecular formula is C53H59ClF6N22O6S3. The number of nitrogen functional groups attached to an aromatic ring is 1. The van der Waals surface area contributed by atoms with Crippen LogP contribution < -0.4 is 35.9 Å². The Hall–Kier alpha value is -9.75. The summed E-state index contributed by atoms with van der Waals surface area (Å²) in [6.45, 7) is 11.1. The molecule has 484 valence electrons. The van der Waals surface area contributed by atoms with Crippen molar-refractivity contribution in [2.45, 2.75) is 68.2 Å². The van der Waals surface area contributed by atoms with Crippen LogP contribution in [-0.2, 0) is 30.1 Å². The van der Waals surface area contributed by atoms with Gasteiger partial charge in [-0.2, -0.15) is 0 Å². The number of hydrogen-bond acceptors (Lipinski definition) is 25. The molecule has 0 aliphatic carbocycles. The first-order valence-electron chi connectivity index (χ1n) is 26.3. The molecule has 0 saturated heterocycles. The van der Waals surface area contributed by atoms with E-state index in [9.17, 15) is 51.6 Å². The Kier molecular flexibility index (Phi) is 26.3. The Bertz CT molecular complexity index is 4320. The second-order valence-corrected chi connectivity index (χ2v) is 24.0. The Morgan fingerprint density at radius 3 is 1.21 bits per heavy atom. The van der Waals surface area contributed by atoms with E-state index in [-0.39, 0.29) is 47.7 Å². The summed E-state index contributed by atoms with van der Waals surface area (Å²) in [6.07, 6.45) is 15.8. The molecule has 8 N–H and O–H groups in total. The van der Waals surface area contributed by atoms with Gasteiger partial charge in [0.15, 0.2) is 69.1 Å². The number of hydrogen-bond donors (Lipinski definition) is 7. The van der Waals surface area contributed by atoms with Crippen molar-refractivity contribution in [1.82, 2.24) is 74.8 Å². The monoisotopic (exact) mass is 1340 g/mol. The largest absolute Gasteiger partial charge is 0.394 e. The topological polar surface area (TPSA) is 394 Å². The smallest absolute Gasteiger partial charge is 0.233 e. The van der Waals surface area contributed by atoms with E-state index in [0.717, 1.165) is 5.69 Å². The van der Waals surface area contributed by atoms with E-state index in [4.69, 9.17) is 17.3 Å². The second-order valence-electron chi connectivity index (χ2n) is 18.1. The van der Waals surface area contributed by atoms with Crippen molar-refractivity contribution in [3.8, 4) is 34.2 Å². The lowest BCUT2D eigenvalue weighted by atomic mass is 10.2. The lowest BCUT2D eigenvalue weighted by Gasteiger charge is -2.14. The highest BCUT2D eigenvalue weighted by Gasteiger charge is 2.24. The lowest BCUT2D eigenvalue weighted by Crippen LogP contribution is -2.18. The van der Waals surface area contributed by atoms with Crippen LogP contribution in [0.2, 0.25) is 5.15 Å². The second kappa shape index (κ2) is 33.2. The summed E-state index contributed by atoms with van der Waals surface area (Å²) in [4.78, 5) is 59.2. The van der Waals surface area contributed by atoms with Gasteiger partial charge in [-0.25, -0.2) is 126 Å². The van der Waals surface area contributed by atoms with Crippen LogP contribution in [0.3, 0.4) is 0 Å². The number of aryl methyl sites for hydroxylation is 2. The molecule has 28 nitrogen and oxygen atoms in total. The van der Waals surface area contributed by atoms with Crippen LogP contribution in [0.25, 0.3) is 34.2 Å². The molecule has 0 fully saturated rings. The molecule has 0 saturated carbocycles. The number of halogens is 7. The standard InChI is InChI=1S/C18H20F2N8O2S.C17H17F2N7O2S.C9H7ClN4.C8H11F2N3O2S.CH4/c1-3-7-31(29,30)28-17-14(20)15(11(19)9-24-17)27-18-16(22-5-6-23-18)12-8-13(21-4-2)26-10-25-12;1-3-6-29(27,28)26-16-13(19)14(11(18)8-22-16)25-17-15(20-4-5-21-17)12-7-10(2)23-9-24-12;1-6-4-7(14-5-13-6)8-9(10)12-3-2-11-8;1-2-3-16(14,15)13-8-6(10)7(11)5(9)4-12-8;/h5-6,8-10H,3-4,7H2,1-2H3,(H,21,25,26)(H2,23,24,27,28);4-5,7-9H,3,6H2,1-2H3,(H2,21,22,25,26);2-5H,1H3;4H,2-3H2,1H3,(H3,11,12,13);1H4. The SMILES string of the molecule is C.CCCS(=O)(=O)Nc1ncc(F)c(N)c1F.CCCS(=O)(=O)Nc1ncc(F)c(Nc2nccnc2-c2cc(C)ncn2)c1F.CCCS(=O)(=O)Nc1ncc(F)c(Nc2nccnc2-c2cc(NCC)ncn2)c1F.Cc1cc(-c2nccnc2Cl)ncn1. The van der Waals surface area contributed by atoms with Crippen LogP contribution in [0, 0.1) is 48.8 Å². The fourth-order valence-corrected chi connectivity index (χ4v) is 10.6. The molecule has 0 aliphatic heterocycles. The molecule has 0 bridgehead atoms. The molecule has 0 unspecified atom stereocenters. The Labute approximate surface area is 524 Å². The van der Waals surface area contributed by atoms with Gasteiger partial charge in [-0.1, -0.05) is 39.8 Å². The fourth-order valence-electron chi connectivity index (χ4n) is 7.15. The molecule has 0 aromatic carbocycles. The molecule has 0 aliphatic rings. The Balaban J connectivity index is 0.000000231. The van der Waals surface area contributed by atoms with E-state index in [1.807, 2.05) is 34.1 Å². The van der Waals surface area contributed by atoms with Gasteiger partial charge in [0.05, 0.1) is 52.9 Å². The molecule has 0 atom stereocenters. The number of sulfonamides is 3. The van der Waals surface area contributed by atoms with Gasteiger partial charge in [0.25, 0.3) is 0 Å². The van der Waals surface area contributed by atoms with Gasteiger partial charge >= 0.3 is 0 Å². The number of pyridine rings is 3. The number of aromatic nitrogens is 15. The van der Waals surface area contributed by atoms with Crippen molar-refractivity contribution in [3.63, 3.8) is 0 Å². The van der Waals surface area contributed by atoms with Crippen LogP contribution in [0.15, 0.2) is 93.0 Å². The minimum Gasteiger partial charge on any atom is -0.394 e. The highest BCUT2D eigenvalue weighted by molar-refractivity contribution is 7.93. The first kappa shape index (κ1) is 72.0. The number of nitrogens with two attached hydrogens (primary N) is 1. The summed E-state index contributed by atoms with van der Waals surface area (Å²) in [5.74, 6) is -8.63. The van der Waals surface area contributed by atoms with Crippen LogP contribution in [-0.4, -0.2) is 124 Å². The average molecular weight is 1350 g/mol. The zero-order chi connectivity index (χ0) is 65.8. The minimum absolute atomic E-state index is 0. The number of anilines is 9. The maximum absolute atomic E-state index is 14.9. The van der Waals surface area contributed by atoms with Crippen LogP contribution in [0.5, 0.6) is 0 Å². The molecule has 38 heteroatoms. The number of nitrogens with zero attached hydrogens (tertiary/aromatic N) is 15. The van der Waals surface area contributed by atoms with Gasteiger partial charge in [0.1, 0.15) is 58.9 Å². The van der Waals surface area contributed by atoms with Crippen molar-refractivity contribution >= 4 is 93.6 Å². The molecule has 9 heterocycles. The van der Waals surface area contributed by atoms with E-state index < -0.39 is 99.5 Å². The minimum atomic E-state index is -3.83. The van der Waals surface area contributed by atoms with E-state index in [1.54, 1.807) is 52.2 Å². The van der Waals surface area contributed by atoms with Gasteiger partial charge in [-0.3, -0.25) is 14.2 Å². The molecule has 0 radical (unpaired) electrons. The first-order valence-corrected chi connectivity index (χ1v) is 31.7. The average Bonchev–Trinajstić information content (AvgIpc) is 1.00. The van der Waals surface area contributed by atoms with Crippen molar-refractivity contribution in [2.75, 3.05) is 59.7 Å². The summed E-state index contributed by atoms with van der Waals surface area (Å²) in [7, 11) is -11.3. The highest BCUT2D eigenvalue weighted by atomic mass is 35.5. The van der Waals surface area contributed by atoms with Gasteiger partial charge in [-0.05, 0) is 52.2 Å². The van der Waals surface area contributed by atoms with Gasteiger partial charge < -0.3 is 21.7 Å².